The quantitative estimate of drug-likeness (QED) is 0.866. The van der Waals surface area contributed by atoms with E-state index in [9.17, 15) is 0 Å². The highest BCUT2D eigenvalue weighted by atomic mass is 14.9. The molecular formula is C15H21N3. The molecule has 1 atom stereocenters. The van der Waals surface area contributed by atoms with Crippen molar-refractivity contribution in [3.8, 4) is 11.3 Å². The van der Waals surface area contributed by atoms with Crippen LogP contribution in [0.4, 0.5) is 0 Å². The topological polar surface area (TPSA) is 54.7 Å². The molecule has 0 saturated carbocycles. The molecule has 1 heterocycles. The van der Waals surface area contributed by atoms with Crippen LogP contribution in [0.25, 0.3) is 11.3 Å². The van der Waals surface area contributed by atoms with Gasteiger partial charge < -0.3 is 10.7 Å². The van der Waals surface area contributed by atoms with Gasteiger partial charge in [-0.1, -0.05) is 30.7 Å². The highest BCUT2D eigenvalue weighted by molar-refractivity contribution is 5.63. The highest BCUT2D eigenvalue weighted by Gasteiger charge is 2.11. The number of hydrogen-bond acceptors (Lipinski definition) is 2. The number of nitrogens with two attached hydrogens (primary N) is 1. The maximum absolute atomic E-state index is 5.58. The Kier molecular flexibility index (Phi) is 3.82. The van der Waals surface area contributed by atoms with Crippen LogP contribution in [-0.2, 0) is 0 Å². The number of aromatic amines is 1. The zero-order valence-electron chi connectivity index (χ0n) is 11.3. The van der Waals surface area contributed by atoms with Crippen molar-refractivity contribution in [1.29, 1.82) is 0 Å². The number of H-pyrrole nitrogens is 1. The van der Waals surface area contributed by atoms with Gasteiger partial charge in [-0.3, -0.25) is 0 Å². The Labute approximate surface area is 108 Å². The van der Waals surface area contributed by atoms with Crippen LogP contribution in [-0.4, -0.2) is 16.5 Å². The lowest BCUT2D eigenvalue weighted by Gasteiger charge is -2.07. The van der Waals surface area contributed by atoms with Crippen LogP contribution < -0.4 is 5.73 Å². The van der Waals surface area contributed by atoms with E-state index >= 15 is 0 Å². The van der Waals surface area contributed by atoms with Crippen LogP contribution in [0.1, 0.15) is 36.2 Å². The lowest BCUT2D eigenvalue weighted by molar-refractivity contribution is 0.655. The van der Waals surface area contributed by atoms with Crippen molar-refractivity contribution >= 4 is 0 Å². The summed E-state index contributed by atoms with van der Waals surface area (Å²) >= 11 is 0. The monoisotopic (exact) mass is 243 g/mol. The number of imidazole rings is 1. The van der Waals surface area contributed by atoms with E-state index in [0.717, 1.165) is 17.9 Å². The number of aromatic nitrogens is 2. The van der Waals surface area contributed by atoms with Crippen LogP contribution in [0.3, 0.4) is 0 Å². The Morgan fingerprint density at radius 1 is 1.33 bits per heavy atom. The highest BCUT2D eigenvalue weighted by Crippen LogP contribution is 2.24. The van der Waals surface area contributed by atoms with Crippen molar-refractivity contribution in [2.45, 2.75) is 33.1 Å². The van der Waals surface area contributed by atoms with Crippen molar-refractivity contribution < 1.29 is 0 Å². The third kappa shape index (κ3) is 2.62. The molecule has 0 aliphatic heterocycles. The molecule has 3 heteroatoms. The maximum atomic E-state index is 5.58. The Morgan fingerprint density at radius 2 is 2.11 bits per heavy atom. The van der Waals surface area contributed by atoms with Gasteiger partial charge in [-0.25, -0.2) is 4.98 Å². The van der Waals surface area contributed by atoms with E-state index in [1.54, 1.807) is 0 Å². The Bertz CT molecular complexity index is 528. The Balaban J connectivity index is 2.29. The summed E-state index contributed by atoms with van der Waals surface area (Å²) in [6, 6.07) is 6.47. The summed E-state index contributed by atoms with van der Waals surface area (Å²) in [5.74, 6) is 1.41. The molecule has 3 nitrogen and oxygen atoms in total. The van der Waals surface area contributed by atoms with Crippen LogP contribution in [0, 0.1) is 13.8 Å². The minimum absolute atomic E-state index is 0.384. The predicted octanol–water partition coefficient (Wildman–Crippen LogP) is 3.15. The average Bonchev–Trinajstić information content (AvgIpc) is 2.78. The molecular weight excluding hydrogens is 222 g/mol. The maximum Gasteiger partial charge on any atom is 0.109 e. The first-order valence-electron chi connectivity index (χ1n) is 6.44. The van der Waals surface area contributed by atoms with Gasteiger partial charge in [0.25, 0.3) is 0 Å². The van der Waals surface area contributed by atoms with Crippen LogP contribution in [0.2, 0.25) is 0 Å². The minimum atomic E-state index is 0.384. The van der Waals surface area contributed by atoms with Gasteiger partial charge in [-0.15, -0.1) is 0 Å². The molecule has 1 unspecified atom stereocenters. The third-order valence-electron chi connectivity index (χ3n) is 3.33. The summed E-state index contributed by atoms with van der Waals surface area (Å²) < 4.78 is 0. The number of aryl methyl sites for hydroxylation is 2. The second-order valence-corrected chi connectivity index (χ2v) is 4.98. The molecule has 96 valence electrons. The first-order valence-corrected chi connectivity index (χ1v) is 6.44. The molecule has 3 N–H and O–H groups in total. The summed E-state index contributed by atoms with van der Waals surface area (Å²) in [5.41, 5.74) is 10.5. The molecule has 0 fully saturated rings. The van der Waals surface area contributed by atoms with Gasteiger partial charge in [0.15, 0.2) is 0 Å². The Morgan fingerprint density at radius 3 is 2.78 bits per heavy atom. The fourth-order valence-electron chi connectivity index (χ4n) is 2.23. The summed E-state index contributed by atoms with van der Waals surface area (Å²) in [4.78, 5) is 7.87. The average molecular weight is 243 g/mol. The first kappa shape index (κ1) is 12.8. The molecule has 0 saturated heterocycles. The summed E-state index contributed by atoms with van der Waals surface area (Å²) in [5, 5.41) is 0. The van der Waals surface area contributed by atoms with E-state index in [1.165, 1.54) is 16.7 Å². The van der Waals surface area contributed by atoms with Gasteiger partial charge in [0, 0.05) is 11.5 Å². The summed E-state index contributed by atoms with van der Waals surface area (Å²) in [6.07, 6.45) is 2.87. The predicted molar refractivity (Wildman–Crippen MR) is 75.6 cm³/mol. The molecule has 1 aromatic carbocycles. The number of nitrogens with zero attached hydrogens (tertiary/aromatic N) is 1. The molecule has 2 rings (SSSR count). The smallest absolute Gasteiger partial charge is 0.109 e. The lowest BCUT2D eigenvalue weighted by atomic mass is 10.0. The van der Waals surface area contributed by atoms with Crippen molar-refractivity contribution in [2.75, 3.05) is 6.54 Å². The van der Waals surface area contributed by atoms with E-state index in [2.05, 4.69) is 48.9 Å². The second-order valence-electron chi connectivity index (χ2n) is 4.98. The van der Waals surface area contributed by atoms with E-state index in [0.29, 0.717) is 12.5 Å². The van der Waals surface area contributed by atoms with Gasteiger partial charge in [-0.2, -0.15) is 0 Å². The molecule has 18 heavy (non-hydrogen) atoms. The SMILES string of the molecule is Cc1ccc(-c2cnc(C(C)CCN)[nH]2)c(C)c1. The van der Waals surface area contributed by atoms with E-state index in [-0.39, 0.29) is 0 Å². The van der Waals surface area contributed by atoms with Crippen molar-refractivity contribution in [3.63, 3.8) is 0 Å². The Hall–Kier alpha value is -1.61. The lowest BCUT2D eigenvalue weighted by Crippen LogP contribution is -2.05. The zero-order chi connectivity index (χ0) is 13.1. The van der Waals surface area contributed by atoms with Crippen molar-refractivity contribution in [1.82, 2.24) is 9.97 Å². The van der Waals surface area contributed by atoms with Gasteiger partial charge in [0.1, 0.15) is 5.82 Å². The van der Waals surface area contributed by atoms with Crippen LogP contribution in [0.5, 0.6) is 0 Å². The number of rotatable bonds is 4. The molecule has 0 aliphatic carbocycles. The molecule has 2 aromatic rings. The molecule has 0 amide bonds. The largest absolute Gasteiger partial charge is 0.342 e. The number of nitrogens with one attached hydrogen (secondary N) is 1. The van der Waals surface area contributed by atoms with Crippen LogP contribution >= 0.6 is 0 Å². The minimum Gasteiger partial charge on any atom is -0.342 e. The summed E-state index contributed by atoms with van der Waals surface area (Å²) in [6.45, 7) is 7.09. The van der Waals surface area contributed by atoms with Gasteiger partial charge in [-0.05, 0) is 32.4 Å². The summed E-state index contributed by atoms with van der Waals surface area (Å²) in [7, 11) is 0. The fourth-order valence-corrected chi connectivity index (χ4v) is 2.23. The standard InChI is InChI=1S/C15H21N3/c1-10-4-5-13(12(3)8-10)14-9-17-15(18-14)11(2)6-7-16/h4-5,8-9,11H,6-7,16H2,1-3H3,(H,17,18). The normalized spacial score (nSPS) is 12.7. The first-order chi connectivity index (χ1) is 8.61. The van der Waals surface area contributed by atoms with Gasteiger partial charge >= 0.3 is 0 Å². The van der Waals surface area contributed by atoms with E-state index < -0.39 is 0 Å². The van der Waals surface area contributed by atoms with Gasteiger partial charge in [0.05, 0.1) is 11.9 Å². The molecule has 1 aromatic heterocycles. The number of hydrogen-bond donors (Lipinski definition) is 2. The van der Waals surface area contributed by atoms with E-state index in [4.69, 9.17) is 5.73 Å². The van der Waals surface area contributed by atoms with Crippen LogP contribution in [0.15, 0.2) is 24.4 Å². The molecule has 0 spiro atoms. The molecule has 0 radical (unpaired) electrons. The third-order valence-corrected chi connectivity index (χ3v) is 3.33. The van der Waals surface area contributed by atoms with Crippen molar-refractivity contribution in [2.24, 2.45) is 5.73 Å². The molecule has 0 bridgehead atoms. The number of benzene rings is 1. The van der Waals surface area contributed by atoms with Crippen molar-refractivity contribution in [3.05, 3.63) is 41.3 Å². The van der Waals surface area contributed by atoms with Gasteiger partial charge in [0.2, 0.25) is 0 Å². The van der Waals surface area contributed by atoms with E-state index in [1.807, 2.05) is 6.20 Å². The zero-order valence-corrected chi connectivity index (χ0v) is 11.3. The second kappa shape index (κ2) is 5.36. The fraction of sp³-hybridized carbons (Fsp3) is 0.400. The molecule has 0 aliphatic rings.